The van der Waals surface area contributed by atoms with Crippen molar-refractivity contribution in [3.05, 3.63) is 34.3 Å². The third-order valence-electron chi connectivity index (χ3n) is 5.09. The molecule has 1 aromatic carbocycles. The molecule has 0 amide bonds. The Bertz CT molecular complexity index is 439. The number of benzene rings is 1. The minimum Gasteiger partial charge on any atom is -0.302 e. The average molecular weight is 354 g/mol. The van der Waals surface area contributed by atoms with Gasteiger partial charge < -0.3 is 4.90 Å². The van der Waals surface area contributed by atoms with E-state index in [0.29, 0.717) is 0 Å². The lowest BCUT2D eigenvalue weighted by Crippen LogP contribution is -2.61. The molecule has 0 aliphatic heterocycles. The van der Waals surface area contributed by atoms with Gasteiger partial charge in [0, 0.05) is 16.1 Å². The summed E-state index contributed by atoms with van der Waals surface area (Å²) in [6, 6.07) is 8.73. The highest BCUT2D eigenvalue weighted by molar-refractivity contribution is 9.10. The molecule has 1 aliphatic carbocycles. The fraction of sp³-hybridized carbons (Fsp3) is 0.647. The van der Waals surface area contributed by atoms with Crippen molar-refractivity contribution in [2.24, 2.45) is 5.84 Å². The van der Waals surface area contributed by atoms with Crippen molar-refractivity contribution < 1.29 is 0 Å². The number of halogens is 1. The van der Waals surface area contributed by atoms with E-state index in [2.05, 4.69) is 64.6 Å². The van der Waals surface area contributed by atoms with Gasteiger partial charge in [0.25, 0.3) is 0 Å². The van der Waals surface area contributed by atoms with E-state index in [4.69, 9.17) is 5.84 Å². The summed E-state index contributed by atoms with van der Waals surface area (Å²) in [6.07, 6.45) is 8.69. The van der Waals surface area contributed by atoms with Crippen LogP contribution in [0.2, 0.25) is 0 Å². The van der Waals surface area contributed by atoms with Gasteiger partial charge in [0.15, 0.2) is 0 Å². The topological polar surface area (TPSA) is 41.3 Å². The maximum absolute atomic E-state index is 5.98. The molecule has 2 rings (SSSR count). The van der Waals surface area contributed by atoms with E-state index in [1.165, 1.54) is 48.6 Å². The van der Waals surface area contributed by atoms with Crippen molar-refractivity contribution in [1.29, 1.82) is 0 Å². The molecule has 0 bridgehead atoms. The van der Waals surface area contributed by atoms with E-state index in [0.717, 1.165) is 6.42 Å². The van der Waals surface area contributed by atoms with Crippen LogP contribution in [0.25, 0.3) is 0 Å². The first kappa shape index (κ1) is 16.9. The second-order valence-electron chi connectivity index (χ2n) is 6.43. The van der Waals surface area contributed by atoms with E-state index in [1.54, 1.807) is 0 Å². The van der Waals surface area contributed by atoms with E-state index in [1.807, 2.05) is 0 Å². The first-order chi connectivity index (χ1) is 10.1. The van der Waals surface area contributed by atoms with Crippen LogP contribution in [0.3, 0.4) is 0 Å². The zero-order chi connectivity index (χ0) is 15.3. The molecule has 0 spiro atoms. The van der Waals surface area contributed by atoms with Crippen LogP contribution in [0.4, 0.5) is 0 Å². The third-order valence-corrected chi connectivity index (χ3v) is 5.87. The highest BCUT2D eigenvalue weighted by Crippen LogP contribution is 2.35. The normalized spacial score (nSPS) is 20.2. The molecule has 0 heterocycles. The first-order valence-corrected chi connectivity index (χ1v) is 8.76. The van der Waals surface area contributed by atoms with E-state index in [9.17, 15) is 0 Å². The van der Waals surface area contributed by atoms with Crippen LogP contribution < -0.4 is 11.3 Å². The Morgan fingerprint density at radius 1 is 1.19 bits per heavy atom. The Labute approximate surface area is 137 Å². The lowest BCUT2D eigenvalue weighted by Gasteiger charge is -2.46. The van der Waals surface area contributed by atoms with Gasteiger partial charge in [-0.1, -0.05) is 59.8 Å². The smallest absolute Gasteiger partial charge is 0.0435 e. The quantitative estimate of drug-likeness (QED) is 0.483. The molecule has 0 saturated heterocycles. The molecule has 3 N–H and O–H groups in total. The summed E-state index contributed by atoms with van der Waals surface area (Å²) in [5.41, 5.74) is 4.61. The molecule has 1 saturated carbocycles. The van der Waals surface area contributed by atoms with Crippen LogP contribution in [0.5, 0.6) is 0 Å². The van der Waals surface area contributed by atoms with Crippen molar-refractivity contribution in [2.45, 2.75) is 56.5 Å². The second-order valence-corrected chi connectivity index (χ2v) is 7.28. The van der Waals surface area contributed by atoms with Crippen molar-refractivity contribution in [3.63, 3.8) is 0 Å². The molecule has 0 aromatic heterocycles. The first-order valence-electron chi connectivity index (χ1n) is 7.97. The fourth-order valence-corrected chi connectivity index (χ4v) is 4.18. The van der Waals surface area contributed by atoms with Crippen molar-refractivity contribution >= 4 is 15.9 Å². The minimum absolute atomic E-state index is 0.153. The molecule has 118 valence electrons. The predicted octanol–water partition coefficient (Wildman–Crippen LogP) is 3.48. The van der Waals surface area contributed by atoms with Crippen molar-refractivity contribution in [3.8, 4) is 0 Å². The van der Waals surface area contributed by atoms with Gasteiger partial charge in [-0.05, 0) is 45.0 Å². The molecule has 4 heteroatoms. The number of rotatable bonds is 5. The SMILES string of the molecule is CN(C)C1(C(Cc2ccccc2Br)NN)CCCCCC1. The van der Waals surface area contributed by atoms with Crippen LogP contribution in [-0.2, 0) is 6.42 Å². The van der Waals surface area contributed by atoms with Crippen LogP contribution >= 0.6 is 15.9 Å². The number of likely N-dealkylation sites (N-methyl/N-ethyl adjacent to an activating group) is 1. The lowest BCUT2D eigenvalue weighted by molar-refractivity contribution is 0.0801. The van der Waals surface area contributed by atoms with Crippen LogP contribution in [0.15, 0.2) is 28.7 Å². The number of nitrogens with two attached hydrogens (primary N) is 1. The maximum Gasteiger partial charge on any atom is 0.0435 e. The average Bonchev–Trinajstić information content (AvgIpc) is 2.73. The Kier molecular flexibility index (Phi) is 6.23. The Morgan fingerprint density at radius 2 is 1.81 bits per heavy atom. The molecule has 1 aromatic rings. The molecule has 21 heavy (non-hydrogen) atoms. The monoisotopic (exact) mass is 353 g/mol. The van der Waals surface area contributed by atoms with Crippen LogP contribution in [-0.4, -0.2) is 30.6 Å². The zero-order valence-electron chi connectivity index (χ0n) is 13.2. The predicted molar refractivity (Wildman–Crippen MR) is 93.1 cm³/mol. The highest BCUT2D eigenvalue weighted by Gasteiger charge is 2.40. The summed E-state index contributed by atoms with van der Waals surface area (Å²) >= 11 is 3.67. The molecule has 3 nitrogen and oxygen atoms in total. The summed E-state index contributed by atoms with van der Waals surface area (Å²) in [5.74, 6) is 5.98. The van der Waals surface area contributed by atoms with E-state index >= 15 is 0 Å². The van der Waals surface area contributed by atoms with E-state index in [-0.39, 0.29) is 11.6 Å². The molecular weight excluding hydrogens is 326 g/mol. The summed E-state index contributed by atoms with van der Waals surface area (Å²) in [5, 5.41) is 0. The maximum atomic E-state index is 5.98. The standard InChI is InChI=1S/C17H28BrN3/c1-21(2)17(11-7-3-4-8-12-17)16(20-19)13-14-9-5-6-10-15(14)18/h5-6,9-10,16,20H,3-4,7-8,11-13,19H2,1-2H3. The summed E-state index contributed by atoms with van der Waals surface area (Å²) in [7, 11) is 4.41. The van der Waals surface area contributed by atoms with Gasteiger partial charge in [-0.15, -0.1) is 0 Å². The second kappa shape index (κ2) is 7.73. The zero-order valence-corrected chi connectivity index (χ0v) is 14.8. The van der Waals surface area contributed by atoms with E-state index < -0.39 is 0 Å². The third kappa shape index (κ3) is 3.86. The molecule has 1 unspecified atom stereocenters. The van der Waals surface area contributed by atoms with Gasteiger partial charge in [-0.3, -0.25) is 11.3 Å². The molecule has 1 atom stereocenters. The van der Waals surface area contributed by atoms with Crippen LogP contribution in [0.1, 0.15) is 44.1 Å². The number of hydrogen-bond acceptors (Lipinski definition) is 3. The molecular formula is C17H28BrN3. The highest BCUT2D eigenvalue weighted by atomic mass is 79.9. The Hall–Kier alpha value is -0.420. The molecule has 1 fully saturated rings. The summed E-state index contributed by atoms with van der Waals surface area (Å²) in [4.78, 5) is 2.40. The Morgan fingerprint density at radius 3 is 2.33 bits per heavy atom. The van der Waals surface area contributed by atoms with Gasteiger partial charge in [-0.25, -0.2) is 0 Å². The van der Waals surface area contributed by atoms with Gasteiger partial charge >= 0.3 is 0 Å². The fourth-order valence-electron chi connectivity index (χ4n) is 3.74. The lowest BCUT2D eigenvalue weighted by atomic mass is 9.79. The largest absolute Gasteiger partial charge is 0.302 e. The summed E-state index contributed by atoms with van der Waals surface area (Å²) in [6.45, 7) is 0. The van der Waals surface area contributed by atoms with Gasteiger partial charge in [0.1, 0.15) is 0 Å². The number of nitrogens with zero attached hydrogens (tertiary/aromatic N) is 1. The molecule has 0 radical (unpaired) electrons. The summed E-state index contributed by atoms with van der Waals surface area (Å²) < 4.78 is 1.17. The minimum atomic E-state index is 0.153. The Balaban J connectivity index is 2.25. The van der Waals surface area contributed by atoms with Gasteiger partial charge in [-0.2, -0.15) is 0 Å². The van der Waals surface area contributed by atoms with Crippen LogP contribution in [0, 0.1) is 0 Å². The van der Waals surface area contributed by atoms with Gasteiger partial charge in [0.05, 0.1) is 0 Å². The van der Waals surface area contributed by atoms with Crippen molar-refractivity contribution in [2.75, 3.05) is 14.1 Å². The number of hydrogen-bond donors (Lipinski definition) is 2. The molecule has 1 aliphatic rings. The van der Waals surface area contributed by atoms with Crippen molar-refractivity contribution in [1.82, 2.24) is 10.3 Å². The number of hydrazine groups is 1. The number of nitrogens with one attached hydrogen (secondary N) is 1. The van der Waals surface area contributed by atoms with Gasteiger partial charge in [0.2, 0.25) is 0 Å².